The minimum Gasteiger partial charge on any atom is -0.381 e. The first-order valence-corrected chi connectivity index (χ1v) is 9.64. The van der Waals surface area contributed by atoms with E-state index in [1.54, 1.807) is 12.4 Å². The maximum Gasteiger partial charge on any atom is 0.263 e. The molecule has 2 aliphatic rings. The Hall–Kier alpha value is -3.27. The number of anilines is 3. The largest absolute Gasteiger partial charge is 0.381 e. The first-order chi connectivity index (χ1) is 14.1. The van der Waals surface area contributed by atoms with Crippen LogP contribution in [0.2, 0.25) is 0 Å². The van der Waals surface area contributed by atoms with Gasteiger partial charge in [0.25, 0.3) is 5.91 Å². The van der Waals surface area contributed by atoms with Crippen LogP contribution in [-0.2, 0) is 0 Å². The van der Waals surface area contributed by atoms with Crippen molar-refractivity contribution in [1.29, 1.82) is 0 Å². The van der Waals surface area contributed by atoms with Crippen molar-refractivity contribution in [3.8, 4) is 0 Å². The van der Waals surface area contributed by atoms with Gasteiger partial charge >= 0.3 is 0 Å². The van der Waals surface area contributed by atoms with E-state index in [4.69, 9.17) is 5.73 Å². The van der Waals surface area contributed by atoms with Gasteiger partial charge < -0.3 is 16.0 Å². The van der Waals surface area contributed by atoms with Gasteiger partial charge in [0, 0.05) is 38.4 Å². The average molecular weight is 396 g/mol. The van der Waals surface area contributed by atoms with Crippen LogP contribution in [0.4, 0.5) is 21.6 Å². The molecule has 1 aliphatic heterocycles. The Morgan fingerprint density at radius 1 is 1.21 bits per heavy atom. The van der Waals surface area contributed by atoms with Crippen LogP contribution in [0.25, 0.3) is 5.65 Å². The van der Waals surface area contributed by atoms with Crippen molar-refractivity contribution in [3.63, 3.8) is 0 Å². The minimum absolute atomic E-state index is 0.0101. The van der Waals surface area contributed by atoms with Gasteiger partial charge in [0.05, 0.1) is 30.0 Å². The summed E-state index contributed by atoms with van der Waals surface area (Å²) in [5, 5.41) is 6.86. The van der Waals surface area contributed by atoms with Crippen LogP contribution in [0.1, 0.15) is 23.2 Å². The number of halogens is 1. The van der Waals surface area contributed by atoms with E-state index in [-0.39, 0.29) is 17.0 Å². The third kappa shape index (κ3) is 3.35. The number of aromatic nitrogens is 4. The van der Waals surface area contributed by atoms with Gasteiger partial charge in [-0.05, 0) is 18.9 Å². The molecule has 0 aromatic carbocycles. The van der Waals surface area contributed by atoms with Gasteiger partial charge in [-0.15, -0.1) is 5.10 Å². The highest BCUT2D eigenvalue weighted by Crippen LogP contribution is 2.31. The Balaban J connectivity index is 1.39. The van der Waals surface area contributed by atoms with Gasteiger partial charge in [-0.2, -0.15) is 0 Å². The fourth-order valence-corrected chi connectivity index (χ4v) is 3.86. The molecule has 1 saturated carbocycles. The summed E-state index contributed by atoms with van der Waals surface area (Å²) >= 11 is 0. The molecule has 5 rings (SSSR count). The summed E-state index contributed by atoms with van der Waals surface area (Å²) in [7, 11) is 0. The molecule has 9 nitrogen and oxygen atoms in total. The number of hydrogen-bond acceptors (Lipinski definition) is 7. The molecule has 29 heavy (non-hydrogen) atoms. The summed E-state index contributed by atoms with van der Waals surface area (Å²) in [6.45, 7) is 3.81. The lowest BCUT2D eigenvalue weighted by molar-refractivity contribution is 0.102. The predicted molar refractivity (Wildman–Crippen MR) is 106 cm³/mol. The molecule has 0 bridgehead atoms. The molecule has 0 spiro atoms. The molecule has 0 radical (unpaired) electrons. The molecule has 1 saturated heterocycles. The van der Waals surface area contributed by atoms with E-state index in [1.807, 2.05) is 6.07 Å². The molecule has 3 N–H and O–H groups in total. The van der Waals surface area contributed by atoms with Crippen LogP contribution in [0.5, 0.6) is 0 Å². The number of nitrogens with one attached hydrogen (secondary N) is 1. The molecule has 4 heterocycles. The van der Waals surface area contributed by atoms with Crippen LogP contribution in [0, 0.1) is 5.82 Å². The maximum absolute atomic E-state index is 13.4. The average Bonchev–Trinajstić information content (AvgIpc) is 3.51. The van der Waals surface area contributed by atoms with E-state index in [0.29, 0.717) is 5.69 Å². The monoisotopic (exact) mass is 396 g/mol. The van der Waals surface area contributed by atoms with Crippen molar-refractivity contribution in [1.82, 2.24) is 24.5 Å². The number of pyridine rings is 1. The molecule has 1 aliphatic carbocycles. The van der Waals surface area contributed by atoms with E-state index in [1.165, 1.54) is 17.4 Å². The van der Waals surface area contributed by atoms with Crippen molar-refractivity contribution in [3.05, 3.63) is 42.2 Å². The molecule has 0 atom stereocenters. The molecule has 2 fully saturated rings. The van der Waals surface area contributed by atoms with Crippen molar-refractivity contribution in [2.45, 2.75) is 18.9 Å². The Kier molecular flexibility index (Phi) is 4.27. The topological polar surface area (TPSA) is 105 Å². The number of hydrogen-bond donors (Lipinski definition) is 2. The summed E-state index contributed by atoms with van der Waals surface area (Å²) in [5.74, 6) is -1.03. The van der Waals surface area contributed by atoms with E-state index < -0.39 is 11.7 Å². The lowest BCUT2D eigenvalue weighted by atomic mass is 10.2. The highest BCUT2D eigenvalue weighted by Gasteiger charge is 2.31. The summed E-state index contributed by atoms with van der Waals surface area (Å²) in [5.41, 5.74) is 7.72. The lowest BCUT2D eigenvalue weighted by Crippen LogP contribution is -2.47. The second-order valence-electron chi connectivity index (χ2n) is 7.40. The van der Waals surface area contributed by atoms with Gasteiger partial charge in [-0.1, -0.05) is 0 Å². The molecule has 1 amide bonds. The molecule has 10 heteroatoms. The SMILES string of the molecule is Nc1nn2cc(F)cnc2c1C(=O)Nc1cnccc1N1CCN(C2CC2)CC1. The first kappa shape index (κ1) is 17.8. The number of nitrogen functional groups attached to an aromatic ring is 1. The molecule has 3 aromatic heterocycles. The fraction of sp³-hybridized carbons (Fsp3) is 0.368. The quantitative estimate of drug-likeness (QED) is 0.686. The molecular weight excluding hydrogens is 375 g/mol. The van der Waals surface area contributed by atoms with Crippen molar-refractivity contribution < 1.29 is 9.18 Å². The summed E-state index contributed by atoms with van der Waals surface area (Å²) in [6, 6.07) is 2.65. The minimum atomic E-state index is -0.563. The fourth-order valence-electron chi connectivity index (χ4n) is 3.86. The highest BCUT2D eigenvalue weighted by molar-refractivity contribution is 6.12. The maximum atomic E-state index is 13.4. The van der Waals surface area contributed by atoms with Crippen LogP contribution in [-0.4, -0.2) is 62.6 Å². The van der Waals surface area contributed by atoms with Gasteiger partial charge in [0.2, 0.25) is 0 Å². The van der Waals surface area contributed by atoms with Crippen LogP contribution in [0.3, 0.4) is 0 Å². The van der Waals surface area contributed by atoms with Crippen molar-refractivity contribution in [2.75, 3.05) is 42.1 Å². The zero-order chi connectivity index (χ0) is 20.0. The standard InChI is InChI=1S/C19H21FN8O/c20-12-9-23-18-16(17(21)25-28(18)11-12)19(29)24-14-10-22-4-3-15(14)27-7-5-26(6-8-27)13-1-2-13/h3-4,9-11,13H,1-2,5-8H2,(H2,21,25)(H,24,29). The third-order valence-corrected chi connectivity index (χ3v) is 5.46. The van der Waals surface area contributed by atoms with E-state index in [9.17, 15) is 9.18 Å². The molecule has 3 aromatic rings. The Bertz CT molecular complexity index is 1070. The lowest BCUT2D eigenvalue weighted by Gasteiger charge is -2.36. The summed E-state index contributed by atoms with van der Waals surface area (Å²) < 4.78 is 14.6. The molecule has 0 unspecified atom stereocenters. The highest BCUT2D eigenvalue weighted by atomic mass is 19.1. The van der Waals surface area contributed by atoms with E-state index in [0.717, 1.165) is 50.3 Å². The summed E-state index contributed by atoms with van der Waals surface area (Å²) in [6.07, 6.45) is 8.10. The van der Waals surface area contributed by atoms with Crippen LogP contribution in [0.15, 0.2) is 30.9 Å². The van der Waals surface area contributed by atoms with Gasteiger partial charge in [-0.3, -0.25) is 14.7 Å². The Labute approximate surface area is 166 Å². The van der Waals surface area contributed by atoms with Crippen LogP contribution >= 0.6 is 0 Å². The second kappa shape index (κ2) is 6.96. The Morgan fingerprint density at radius 2 is 2.00 bits per heavy atom. The van der Waals surface area contributed by atoms with Gasteiger partial charge in [0.1, 0.15) is 5.56 Å². The predicted octanol–water partition coefficient (Wildman–Crippen LogP) is 1.38. The van der Waals surface area contributed by atoms with Crippen molar-refractivity contribution >= 4 is 28.7 Å². The normalized spacial score (nSPS) is 17.6. The zero-order valence-corrected chi connectivity index (χ0v) is 15.8. The smallest absolute Gasteiger partial charge is 0.263 e. The number of amides is 1. The molecule has 150 valence electrons. The number of piperazine rings is 1. The third-order valence-electron chi connectivity index (χ3n) is 5.46. The van der Waals surface area contributed by atoms with Gasteiger partial charge in [-0.25, -0.2) is 13.9 Å². The van der Waals surface area contributed by atoms with E-state index >= 15 is 0 Å². The number of carbonyl (C=O) groups is 1. The Morgan fingerprint density at radius 3 is 2.76 bits per heavy atom. The zero-order valence-electron chi connectivity index (χ0n) is 15.8. The number of carbonyl (C=O) groups excluding carboxylic acids is 1. The first-order valence-electron chi connectivity index (χ1n) is 9.64. The summed E-state index contributed by atoms with van der Waals surface area (Å²) in [4.78, 5) is 25.8. The number of nitrogens with zero attached hydrogens (tertiary/aromatic N) is 6. The number of nitrogens with two attached hydrogens (primary N) is 1. The van der Waals surface area contributed by atoms with Crippen LogP contribution < -0.4 is 16.0 Å². The number of rotatable bonds is 4. The number of fused-ring (bicyclic) bond motifs is 1. The van der Waals surface area contributed by atoms with E-state index in [2.05, 4.69) is 30.2 Å². The van der Waals surface area contributed by atoms with Gasteiger partial charge in [0.15, 0.2) is 17.3 Å². The molecular formula is C19H21FN8O. The second-order valence-corrected chi connectivity index (χ2v) is 7.40. The van der Waals surface area contributed by atoms with Crippen molar-refractivity contribution in [2.24, 2.45) is 0 Å².